The molecule has 1 saturated heterocycles. The molecule has 0 saturated carbocycles. The molecule has 0 radical (unpaired) electrons. The van der Waals surface area contributed by atoms with E-state index in [1.165, 1.54) is 18.7 Å². The van der Waals surface area contributed by atoms with Crippen molar-refractivity contribution in [3.05, 3.63) is 35.9 Å². The first kappa shape index (κ1) is 22.9. The van der Waals surface area contributed by atoms with Crippen molar-refractivity contribution in [1.82, 2.24) is 15.5 Å². The van der Waals surface area contributed by atoms with E-state index < -0.39 is 43.4 Å². The molecule has 3 atom stereocenters. The Labute approximate surface area is 168 Å². The fourth-order valence-electron chi connectivity index (χ4n) is 2.85. The zero-order valence-electron chi connectivity index (χ0n) is 16.3. The number of carbonyl (C=O) groups excluding carboxylic acids is 3. The fourth-order valence-corrected chi connectivity index (χ4v) is 3.15. The highest BCUT2D eigenvalue weighted by Crippen LogP contribution is 2.39. The predicted molar refractivity (Wildman–Crippen MR) is 104 cm³/mol. The van der Waals surface area contributed by atoms with Gasteiger partial charge in [0.2, 0.25) is 11.8 Å². The average Bonchev–Trinajstić information content (AvgIpc) is 3.16. The van der Waals surface area contributed by atoms with Crippen LogP contribution in [0, 0.1) is 0 Å². The van der Waals surface area contributed by atoms with Crippen LogP contribution >= 0.6 is 7.60 Å². The molecule has 0 aromatic heterocycles. The average molecular weight is 427 g/mol. The van der Waals surface area contributed by atoms with E-state index in [1.54, 1.807) is 0 Å². The van der Waals surface area contributed by atoms with Crippen LogP contribution in [0.15, 0.2) is 30.3 Å². The van der Waals surface area contributed by atoms with Gasteiger partial charge in [-0.2, -0.15) is 0 Å². The molecule has 0 spiro atoms. The van der Waals surface area contributed by atoms with Crippen LogP contribution in [0.5, 0.6) is 0 Å². The second-order valence-corrected chi connectivity index (χ2v) is 8.85. The van der Waals surface area contributed by atoms with E-state index in [4.69, 9.17) is 14.5 Å². The summed E-state index contributed by atoms with van der Waals surface area (Å²) in [5, 5.41) is 4.65. The second-order valence-electron chi connectivity index (χ2n) is 6.90. The molecule has 0 aliphatic carbocycles. The fraction of sp³-hybridized carbons (Fsp3) is 0.500. The van der Waals surface area contributed by atoms with Crippen molar-refractivity contribution in [2.24, 2.45) is 0 Å². The van der Waals surface area contributed by atoms with Crippen LogP contribution in [0.2, 0.25) is 0 Å². The molecule has 1 aliphatic rings. The molecule has 3 amide bonds. The zero-order valence-corrected chi connectivity index (χ0v) is 17.2. The summed E-state index contributed by atoms with van der Waals surface area (Å²) in [7, 11) is -4.48. The van der Waals surface area contributed by atoms with Gasteiger partial charge in [-0.15, -0.1) is 0 Å². The first-order valence-electron chi connectivity index (χ1n) is 9.23. The molecule has 2 rings (SSSR count). The maximum atomic E-state index is 12.5. The largest absolute Gasteiger partial charge is 0.445 e. The van der Waals surface area contributed by atoms with Crippen LogP contribution in [-0.4, -0.2) is 57.0 Å². The lowest BCUT2D eigenvalue weighted by atomic mass is 10.2. The summed E-state index contributed by atoms with van der Waals surface area (Å²) in [6.07, 6.45) is 0.437. The quantitative estimate of drug-likeness (QED) is 0.474. The van der Waals surface area contributed by atoms with Gasteiger partial charge in [-0.3, -0.25) is 19.1 Å². The Hall–Kier alpha value is -2.42. The minimum absolute atomic E-state index is 0.0869. The van der Waals surface area contributed by atoms with Crippen molar-refractivity contribution in [1.29, 1.82) is 0 Å². The predicted octanol–water partition coefficient (Wildman–Crippen LogP) is 0.932. The summed E-state index contributed by atoms with van der Waals surface area (Å²) in [4.78, 5) is 56.4. The van der Waals surface area contributed by atoms with Crippen molar-refractivity contribution in [3.8, 4) is 0 Å². The van der Waals surface area contributed by atoms with Crippen molar-refractivity contribution < 1.29 is 33.5 Å². The highest BCUT2D eigenvalue weighted by molar-refractivity contribution is 7.52. The molecule has 4 N–H and O–H groups in total. The Bertz CT molecular complexity index is 783. The van der Waals surface area contributed by atoms with Crippen molar-refractivity contribution in [2.45, 2.75) is 51.2 Å². The summed E-state index contributed by atoms with van der Waals surface area (Å²) in [5.41, 5.74) is 0.825. The van der Waals surface area contributed by atoms with Crippen LogP contribution in [-0.2, 0) is 25.5 Å². The molecule has 29 heavy (non-hydrogen) atoms. The molecule has 11 heteroatoms. The first-order valence-corrected chi connectivity index (χ1v) is 10.9. The summed E-state index contributed by atoms with van der Waals surface area (Å²) < 4.78 is 16.4. The lowest BCUT2D eigenvalue weighted by Gasteiger charge is -2.25. The molecule has 0 bridgehead atoms. The van der Waals surface area contributed by atoms with E-state index in [9.17, 15) is 18.9 Å². The molecule has 1 heterocycles. The third-order valence-electron chi connectivity index (χ3n) is 4.60. The molecule has 160 valence electrons. The van der Waals surface area contributed by atoms with Crippen molar-refractivity contribution in [3.63, 3.8) is 0 Å². The van der Waals surface area contributed by atoms with Gasteiger partial charge in [0.25, 0.3) is 0 Å². The van der Waals surface area contributed by atoms with Gasteiger partial charge < -0.3 is 25.2 Å². The molecular formula is C18H26N3O7P. The molecule has 10 nitrogen and oxygen atoms in total. The highest BCUT2D eigenvalue weighted by Gasteiger charge is 2.36. The summed E-state index contributed by atoms with van der Waals surface area (Å²) in [6, 6.07) is 7.35. The molecule has 1 fully saturated rings. The van der Waals surface area contributed by atoms with Crippen LogP contribution in [0.25, 0.3) is 0 Å². The first-order chi connectivity index (χ1) is 13.6. The molecular weight excluding hydrogens is 401 g/mol. The van der Waals surface area contributed by atoms with Gasteiger partial charge in [-0.25, -0.2) is 4.79 Å². The highest BCUT2D eigenvalue weighted by atomic mass is 31.2. The lowest BCUT2D eigenvalue weighted by Crippen LogP contribution is -2.53. The number of amides is 3. The van der Waals surface area contributed by atoms with Gasteiger partial charge in [0.05, 0.1) is 0 Å². The Morgan fingerprint density at radius 3 is 2.48 bits per heavy atom. The Morgan fingerprint density at radius 2 is 1.86 bits per heavy atom. The zero-order chi connectivity index (χ0) is 21.6. The number of ether oxygens (including phenoxy) is 1. The maximum absolute atomic E-state index is 12.5. The third kappa shape index (κ3) is 6.56. The molecule has 1 aromatic carbocycles. The van der Waals surface area contributed by atoms with E-state index in [0.29, 0.717) is 19.4 Å². The smallest absolute Gasteiger partial charge is 0.410 e. The summed E-state index contributed by atoms with van der Waals surface area (Å²) in [5.74, 6) is -2.62. The Morgan fingerprint density at radius 1 is 1.21 bits per heavy atom. The lowest BCUT2D eigenvalue weighted by molar-refractivity contribution is -0.130. The molecule has 1 aromatic rings. The molecule has 0 unspecified atom stereocenters. The van der Waals surface area contributed by atoms with Gasteiger partial charge in [-0.05, 0) is 32.3 Å². The normalized spacial score (nSPS) is 18.6. The van der Waals surface area contributed by atoms with E-state index >= 15 is 0 Å². The number of carbonyl (C=O) groups is 3. The monoisotopic (exact) mass is 427 g/mol. The Balaban J connectivity index is 1.89. The van der Waals surface area contributed by atoms with Gasteiger partial charge in [-0.1, -0.05) is 30.3 Å². The van der Waals surface area contributed by atoms with Crippen molar-refractivity contribution in [2.75, 3.05) is 6.54 Å². The number of likely N-dealkylation sites (tertiary alicyclic amines) is 1. The number of benzene rings is 1. The maximum Gasteiger partial charge on any atom is 0.410 e. The third-order valence-corrected chi connectivity index (χ3v) is 5.74. The number of nitrogens with one attached hydrogen (secondary N) is 2. The van der Waals surface area contributed by atoms with Crippen LogP contribution in [0.3, 0.4) is 0 Å². The summed E-state index contributed by atoms with van der Waals surface area (Å²) >= 11 is 0. The van der Waals surface area contributed by atoms with E-state index in [0.717, 1.165) is 5.56 Å². The van der Waals surface area contributed by atoms with E-state index in [2.05, 4.69) is 10.6 Å². The summed E-state index contributed by atoms with van der Waals surface area (Å²) in [6.45, 7) is 3.02. The SMILES string of the molecule is C[C@H](NC(=O)[C@@H]1CCCN1C(=O)OCc1ccccc1)C(=O)N[C@@H](C)P(=O)(O)O. The Kier molecular flexibility index (Phi) is 7.78. The van der Waals surface area contributed by atoms with Gasteiger partial charge >= 0.3 is 13.7 Å². The van der Waals surface area contributed by atoms with E-state index in [1.807, 2.05) is 30.3 Å². The van der Waals surface area contributed by atoms with Gasteiger partial charge in [0.1, 0.15) is 24.5 Å². The second kappa shape index (κ2) is 9.87. The van der Waals surface area contributed by atoms with Crippen molar-refractivity contribution >= 4 is 25.5 Å². The van der Waals surface area contributed by atoms with Crippen LogP contribution in [0.4, 0.5) is 4.79 Å². The molecule has 1 aliphatic heterocycles. The van der Waals surface area contributed by atoms with Crippen LogP contribution < -0.4 is 10.6 Å². The minimum Gasteiger partial charge on any atom is -0.445 e. The number of nitrogens with zero attached hydrogens (tertiary/aromatic N) is 1. The number of hydrogen-bond donors (Lipinski definition) is 4. The van der Waals surface area contributed by atoms with Crippen LogP contribution in [0.1, 0.15) is 32.3 Å². The minimum atomic E-state index is -4.48. The van der Waals surface area contributed by atoms with Gasteiger partial charge in [0.15, 0.2) is 0 Å². The van der Waals surface area contributed by atoms with E-state index in [-0.39, 0.29) is 6.61 Å². The number of hydrogen-bond acceptors (Lipinski definition) is 5. The van der Waals surface area contributed by atoms with Gasteiger partial charge in [0, 0.05) is 6.54 Å². The topological polar surface area (TPSA) is 145 Å². The standard InChI is InChI=1S/C18H26N3O7P/c1-12(16(22)20-13(2)29(25,26)27)19-17(23)15-9-6-10-21(15)18(24)28-11-14-7-4-3-5-8-14/h3-5,7-8,12-13,15H,6,9-11H2,1-2H3,(H,19,23)(H,20,22)(H2,25,26,27)/t12-,13+,15-/m0/s1. The number of rotatable bonds is 7.